The van der Waals surface area contributed by atoms with Gasteiger partial charge in [0.15, 0.2) is 0 Å². The Bertz CT molecular complexity index is 426. The maximum absolute atomic E-state index is 13.0. The van der Waals surface area contributed by atoms with E-state index < -0.39 is 0 Å². The van der Waals surface area contributed by atoms with Gasteiger partial charge in [0.2, 0.25) is 11.8 Å². The molecule has 2 saturated heterocycles. The summed E-state index contributed by atoms with van der Waals surface area (Å²) >= 11 is 0. The maximum Gasteiger partial charge on any atom is 0.226 e. The van der Waals surface area contributed by atoms with Gasteiger partial charge in [-0.2, -0.15) is 0 Å². The second-order valence-corrected chi connectivity index (χ2v) is 7.42. The van der Waals surface area contributed by atoms with Crippen LogP contribution in [-0.4, -0.2) is 60.9 Å². The lowest BCUT2D eigenvalue weighted by Crippen LogP contribution is -2.50. The number of carbonyl (C=O) groups is 2. The quantitative estimate of drug-likeness (QED) is 0.859. The van der Waals surface area contributed by atoms with Gasteiger partial charge in [-0.05, 0) is 45.6 Å². The smallest absolute Gasteiger partial charge is 0.226 e. The first kappa shape index (κ1) is 16.7. The Hall–Kier alpha value is -1.10. The first-order valence-electron chi connectivity index (χ1n) is 9.45. The molecular weight excluding hydrogens is 290 g/mol. The minimum Gasteiger partial charge on any atom is -0.342 e. The monoisotopic (exact) mass is 321 g/mol. The van der Waals surface area contributed by atoms with Crippen molar-refractivity contribution in [1.29, 1.82) is 0 Å². The van der Waals surface area contributed by atoms with Gasteiger partial charge in [0.25, 0.3) is 0 Å². The van der Waals surface area contributed by atoms with Gasteiger partial charge >= 0.3 is 0 Å². The molecule has 0 aromatic rings. The average Bonchev–Trinajstić information content (AvgIpc) is 3.15. The van der Waals surface area contributed by atoms with Gasteiger partial charge in [-0.3, -0.25) is 9.59 Å². The molecule has 5 nitrogen and oxygen atoms in total. The van der Waals surface area contributed by atoms with Crippen LogP contribution in [0, 0.1) is 11.8 Å². The Morgan fingerprint density at radius 1 is 0.739 bits per heavy atom. The number of nitrogens with one attached hydrogen (secondary N) is 1. The highest BCUT2D eigenvalue weighted by Crippen LogP contribution is 2.34. The maximum atomic E-state index is 13.0. The lowest BCUT2D eigenvalue weighted by atomic mass is 9.77. The van der Waals surface area contributed by atoms with Gasteiger partial charge in [-0.1, -0.05) is 12.8 Å². The second-order valence-electron chi connectivity index (χ2n) is 7.42. The molecule has 2 unspecified atom stereocenters. The lowest BCUT2D eigenvalue weighted by Gasteiger charge is -2.38. The summed E-state index contributed by atoms with van der Waals surface area (Å²) in [6, 6.07) is 0.535. The van der Waals surface area contributed by atoms with Crippen molar-refractivity contribution >= 4 is 11.8 Å². The summed E-state index contributed by atoms with van der Waals surface area (Å²) in [6.45, 7) is 3.46. The number of nitrogens with zero attached hydrogens (tertiary/aromatic N) is 2. The summed E-state index contributed by atoms with van der Waals surface area (Å²) in [7, 11) is 1.99. The van der Waals surface area contributed by atoms with E-state index in [2.05, 4.69) is 5.32 Å². The highest BCUT2D eigenvalue weighted by Gasteiger charge is 2.40. The Morgan fingerprint density at radius 3 is 1.70 bits per heavy atom. The fourth-order valence-electron chi connectivity index (χ4n) is 4.52. The zero-order valence-corrected chi connectivity index (χ0v) is 14.4. The van der Waals surface area contributed by atoms with E-state index in [0.717, 1.165) is 77.5 Å². The Balaban J connectivity index is 1.63. The topological polar surface area (TPSA) is 52.7 Å². The van der Waals surface area contributed by atoms with Crippen molar-refractivity contribution < 1.29 is 9.59 Å². The summed E-state index contributed by atoms with van der Waals surface area (Å²) < 4.78 is 0. The van der Waals surface area contributed by atoms with Crippen LogP contribution in [0.2, 0.25) is 0 Å². The first-order valence-corrected chi connectivity index (χ1v) is 9.45. The average molecular weight is 321 g/mol. The molecule has 0 aromatic heterocycles. The summed E-state index contributed by atoms with van der Waals surface area (Å²) in [5, 5.41) is 3.31. The largest absolute Gasteiger partial charge is 0.342 e. The van der Waals surface area contributed by atoms with E-state index in [-0.39, 0.29) is 23.7 Å². The van der Waals surface area contributed by atoms with Crippen molar-refractivity contribution in [2.24, 2.45) is 11.8 Å². The molecule has 5 heteroatoms. The lowest BCUT2D eigenvalue weighted by molar-refractivity contribution is -0.148. The molecule has 2 heterocycles. The van der Waals surface area contributed by atoms with E-state index in [1.54, 1.807) is 0 Å². The number of likely N-dealkylation sites (tertiary alicyclic amines) is 2. The number of rotatable bonds is 3. The molecule has 0 bridgehead atoms. The summed E-state index contributed by atoms with van der Waals surface area (Å²) in [6.07, 6.45) is 8.28. The third-order valence-electron chi connectivity index (χ3n) is 6.03. The van der Waals surface area contributed by atoms with E-state index in [9.17, 15) is 9.59 Å². The third-order valence-corrected chi connectivity index (χ3v) is 6.03. The van der Waals surface area contributed by atoms with Gasteiger partial charge in [0.1, 0.15) is 0 Å². The predicted molar refractivity (Wildman–Crippen MR) is 89.9 cm³/mol. The third kappa shape index (κ3) is 3.70. The summed E-state index contributed by atoms with van der Waals surface area (Å²) in [5.41, 5.74) is 0. The normalized spacial score (nSPS) is 29.8. The van der Waals surface area contributed by atoms with Crippen LogP contribution in [0.3, 0.4) is 0 Å². The Labute approximate surface area is 139 Å². The molecule has 0 spiro atoms. The summed E-state index contributed by atoms with van der Waals surface area (Å²) in [5.74, 6) is 0.377. The van der Waals surface area contributed by atoms with Crippen LogP contribution in [0.15, 0.2) is 0 Å². The van der Waals surface area contributed by atoms with E-state index in [1.807, 2.05) is 16.8 Å². The minimum atomic E-state index is -0.0667. The molecule has 130 valence electrons. The number of hydrogen-bond donors (Lipinski definition) is 1. The van der Waals surface area contributed by atoms with Crippen LogP contribution < -0.4 is 5.32 Å². The van der Waals surface area contributed by atoms with Crippen LogP contribution in [0.1, 0.15) is 51.4 Å². The fraction of sp³-hybridized carbons (Fsp3) is 0.889. The van der Waals surface area contributed by atoms with Crippen LogP contribution in [0.5, 0.6) is 0 Å². The molecule has 3 fully saturated rings. The van der Waals surface area contributed by atoms with Crippen molar-refractivity contribution in [2.75, 3.05) is 33.2 Å². The zero-order valence-electron chi connectivity index (χ0n) is 14.4. The van der Waals surface area contributed by atoms with Crippen molar-refractivity contribution in [3.05, 3.63) is 0 Å². The second kappa shape index (κ2) is 7.65. The van der Waals surface area contributed by atoms with Gasteiger partial charge < -0.3 is 15.1 Å². The molecule has 3 aliphatic rings. The first-order chi connectivity index (χ1) is 11.2. The molecule has 1 saturated carbocycles. The standard InChI is InChI=1S/C18H31N3O2/c1-19-14-8-12-21(13-9-14)18(23)16-7-3-2-6-15(16)17(22)20-10-4-5-11-20/h14-16,19H,2-13H2,1H3. The highest BCUT2D eigenvalue weighted by molar-refractivity contribution is 5.88. The number of hydrogen-bond acceptors (Lipinski definition) is 3. The Morgan fingerprint density at radius 2 is 1.22 bits per heavy atom. The number of piperidine rings is 1. The van der Waals surface area contributed by atoms with Crippen LogP contribution in [0.4, 0.5) is 0 Å². The van der Waals surface area contributed by atoms with E-state index in [0.29, 0.717) is 6.04 Å². The van der Waals surface area contributed by atoms with Crippen LogP contribution in [0.25, 0.3) is 0 Å². The molecule has 2 amide bonds. The van der Waals surface area contributed by atoms with Crippen molar-refractivity contribution in [2.45, 2.75) is 57.4 Å². The van der Waals surface area contributed by atoms with Crippen molar-refractivity contribution in [1.82, 2.24) is 15.1 Å². The molecule has 23 heavy (non-hydrogen) atoms. The molecule has 0 radical (unpaired) electrons. The molecule has 1 aliphatic carbocycles. The van der Waals surface area contributed by atoms with Gasteiger partial charge in [0, 0.05) is 44.1 Å². The molecule has 0 aromatic carbocycles. The predicted octanol–water partition coefficient (Wildman–Crippen LogP) is 1.63. The van der Waals surface area contributed by atoms with Gasteiger partial charge in [-0.15, -0.1) is 0 Å². The van der Waals surface area contributed by atoms with Crippen LogP contribution in [-0.2, 0) is 9.59 Å². The fourth-order valence-corrected chi connectivity index (χ4v) is 4.52. The van der Waals surface area contributed by atoms with E-state index in [4.69, 9.17) is 0 Å². The Kier molecular flexibility index (Phi) is 5.57. The molecule has 1 N–H and O–H groups in total. The van der Waals surface area contributed by atoms with Gasteiger partial charge in [-0.25, -0.2) is 0 Å². The minimum absolute atomic E-state index is 0.0589. The van der Waals surface area contributed by atoms with Crippen LogP contribution >= 0.6 is 0 Å². The van der Waals surface area contributed by atoms with Crippen molar-refractivity contribution in [3.63, 3.8) is 0 Å². The SMILES string of the molecule is CNC1CCN(C(=O)C2CCCCC2C(=O)N2CCCC2)CC1. The number of amides is 2. The molecule has 2 atom stereocenters. The molecular formula is C18H31N3O2. The van der Waals surface area contributed by atoms with E-state index in [1.165, 1.54) is 0 Å². The number of carbonyl (C=O) groups excluding carboxylic acids is 2. The van der Waals surface area contributed by atoms with Gasteiger partial charge in [0.05, 0.1) is 0 Å². The van der Waals surface area contributed by atoms with Crippen molar-refractivity contribution in [3.8, 4) is 0 Å². The zero-order chi connectivity index (χ0) is 16.2. The molecule has 3 rings (SSSR count). The summed E-state index contributed by atoms with van der Waals surface area (Å²) in [4.78, 5) is 29.9. The molecule has 2 aliphatic heterocycles. The van der Waals surface area contributed by atoms with E-state index >= 15 is 0 Å². The highest BCUT2D eigenvalue weighted by atomic mass is 16.2.